The molecule has 1 saturated heterocycles. The van der Waals surface area contributed by atoms with Crippen LogP contribution in [0.3, 0.4) is 0 Å². The molecule has 3 aromatic rings. The summed E-state index contributed by atoms with van der Waals surface area (Å²) in [5.74, 6) is -1.69. The number of hydrogen-bond donors (Lipinski definition) is 2. The van der Waals surface area contributed by atoms with Crippen molar-refractivity contribution in [2.75, 3.05) is 31.6 Å². The van der Waals surface area contributed by atoms with Gasteiger partial charge in [-0.2, -0.15) is 0 Å². The highest BCUT2D eigenvalue weighted by Crippen LogP contribution is 2.37. The highest BCUT2D eigenvalue weighted by molar-refractivity contribution is 6.02. The van der Waals surface area contributed by atoms with E-state index in [0.717, 1.165) is 11.1 Å². The minimum absolute atomic E-state index is 0.114. The summed E-state index contributed by atoms with van der Waals surface area (Å²) in [6.45, 7) is 3.23. The molecule has 0 radical (unpaired) electrons. The van der Waals surface area contributed by atoms with Gasteiger partial charge in [-0.05, 0) is 42.2 Å². The molecule has 0 saturated carbocycles. The lowest BCUT2D eigenvalue weighted by atomic mass is 9.84. The van der Waals surface area contributed by atoms with E-state index in [1.165, 1.54) is 12.0 Å². The molecule has 0 bridgehead atoms. The molecule has 4 N–H and O–H groups in total. The van der Waals surface area contributed by atoms with Gasteiger partial charge in [0.25, 0.3) is 0 Å². The Labute approximate surface area is 252 Å². The molecule has 3 aromatic carbocycles. The average Bonchev–Trinajstić information content (AvgIpc) is 3.03. The smallest absolute Gasteiger partial charge is 0.332 e. The summed E-state index contributed by atoms with van der Waals surface area (Å²) < 4.78 is 11.0. The first kappa shape index (κ1) is 31.2. The number of likely N-dealkylation sites (tertiary alicyclic amines) is 1. The van der Waals surface area contributed by atoms with Gasteiger partial charge in [-0.25, -0.2) is 9.79 Å². The van der Waals surface area contributed by atoms with E-state index in [-0.39, 0.29) is 30.9 Å². The third-order valence-corrected chi connectivity index (χ3v) is 7.73. The van der Waals surface area contributed by atoms with Gasteiger partial charge >= 0.3 is 11.9 Å². The molecular formula is C33H39N5O5. The van der Waals surface area contributed by atoms with Crippen molar-refractivity contribution in [2.45, 2.75) is 44.2 Å². The van der Waals surface area contributed by atoms with Crippen LogP contribution in [0.4, 0.5) is 11.4 Å². The quantitative estimate of drug-likeness (QED) is 0.196. The zero-order valence-corrected chi connectivity index (χ0v) is 24.6. The van der Waals surface area contributed by atoms with Gasteiger partial charge in [0, 0.05) is 31.7 Å². The fourth-order valence-corrected chi connectivity index (χ4v) is 5.54. The number of guanidine groups is 1. The van der Waals surface area contributed by atoms with Crippen LogP contribution in [0.15, 0.2) is 89.9 Å². The summed E-state index contributed by atoms with van der Waals surface area (Å²) >= 11 is 0. The highest BCUT2D eigenvalue weighted by atomic mass is 16.5. The highest BCUT2D eigenvalue weighted by Gasteiger charge is 2.50. The van der Waals surface area contributed by atoms with Crippen molar-refractivity contribution in [1.29, 1.82) is 0 Å². The van der Waals surface area contributed by atoms with Crippen LogP contribution < -0.4 is 16.4 Å². The van der Waals surface area contributed by atoms with Gasteiger partial charge in [-0.1, -0.05) is 73.7 Å². The van der Waals surface area contributed by atoms with Crippen molar-refractivity contribution >= 4 is 35.2 Å². The molecule has 10 nitrogen and oxygen atoms in total. The molecule has 226 valence electrons. The summed E-state index contributed by atoms with van der Waals surface area (Å²) in [6, 6.07) is 26.0. The van der Waals surface area contributed by atoms with Crippen LogP contribution in [0.25, 0.3) is 0 Å². The van der Waals surface area contributed by atoms with E-state index < -0.39 is 17.4 Å². The minimum Gasteiger partial charge on any atom is -0.467 e. The second-order valence-electron chi connectivity index (χ2n) is 10.5. The Morgan fingerprint density at radius 2 is 1.60 bits per heavy atom. The third kappa shape index (κ3) is 7.58. The third-order valence-electron chi connectivity index (χ3n) is 7.73. The first-order valence-electron chi connectivity index (χ1n) is 14.4. The second kappa shape index (κ2) is 14.5. The number of methoxy groups -OCH3 is 1. The van der Waals surface area contributed by atoms with Crippen LogP contribution in [-0.4, -0.2) is 61.0 Å². The monoisotopic (exact) mass is 585 g/mol. The van der Waals surface area contributed by atoms with E-state index in [2.05, 4.69) is 9.89 Å². The average molecular weight is 586 g/mol. The van der Waals surface area contributed by atoms with E-state index in [4.69, 9.17) is 20.9 Å². The molecule has 0 aliphatic carbocycles. The zero-order chi connectivity index (χ0) is 30.8. The first-order valence-corrected chi connectivity index (χ1v) is 14.4. The number of amides is 1. The number of carbonyl (C=O) groups excluding carboxylic acids is 3. The number of hydrogen-bond acceptors (Lipinski definition) is 7. The zero-order valence-electron chi connectivity index (χ0n) is 24.6. The van der Waals surface area contributed by atoms with E-state index >= 15 is 0 Å². The maximum Gasteiger partial charge on any atom is 0.332 e. The Morgan fingerprint density at radius 1 is 0.953 bits per heavy atom. The molecule has 10 heteroatoms. The van der Waals surface area contributed by atoms with E-state index in [1.807, 2.05) is 60.7 Å². The molecule has 1 amide bonds. The minimum atomic E-state index is -1.25. The fourth-order valence-electron chi connectivity index (χ4n) is 5.54. The normalized spacial score (nSPS) is 15.1. The number of nitrogens with zero attached hydrogens (tertiary/aromatic N) is 3. The van der Waals surface area contributed by atoms with Crippen LogP contribution in [0.1, 0.15) is 43.2 Å². The first-order chi connectivity index (χ1) is 20.8. The molecule has 1 aliphatic rings. The number of aliphatic imine (C=N–C) groups is 1. The predicted octanol–water partition coefficient (Wildman–Crippen LogP) is 3.87. The molecule has 0 spiro atoms. The number of benzene rings is 3. The van der Waals surface area contributed by atoms with Gasteiger partial charge in [0.2, 0.25) is 5.91 Å². The van der Waals surface area contributed by atoms with Crippen LogP contribution in [0.5, 0.6) is 0 Å². The van der Waals surface area contributed by atoms with Gasteiger partial charge in [-0.3, -0.25) is 14.5 Å². The van der Waals surface area contributed by atoms with E-state index in [0.29, 0.717) is 43.9 Å². The molecule has 1 fully saturated rings. The van der Waals surface area contributed by atoms with Crippen molar-refractivity contribution in [3.63, 3.8) is 0 Å². The molecule has 1 unspecified atom stereocenters. The molecule has 0 aromatic heterocycles. The number of piperidine rings is 1. The van der Waals surface area contributed by atoms with Gasteiger partial charge in [0.15, 0.2) is 5.96 Å². The van der Waals surface area contributed by atoms with Crippen LogP contribution in [0, 0.1) is 0 Å². The van der Waals surface area contributed by atoms with Crippen molar-refractivity contribution in [1.82, 2.24) is 4.90 Å². The SMILES string of the molecule is CCC(=O)N(c1cccc(N=C(N)N)c1)C1(C(=O)OC)CCN(CC(C(=O)OCc2ccccc2)c2ccccc2)CC1. The number of nitrogens with two attached hydrogens (primary N) is 2. The Morgan fingerprint density at radius 3 is 2.21 bits per heavy atom. The van der Waals surface area contributed by atoms with Crippen molar-refractivity contribution in [3.05, 3.63) is 96.1 Å². The number of rotatable bonds is 11. The lowest BCUT2D eigenvalue weighted by Gasteiger charge is -2.47. The van der Waals surface area contributed by atoms with Crippen molar-refractivity contribution in [3.8, 4) is 0 Å². The Bertz CT molecular complexity index is 1420. The molecule has 1 heterocycles. The number of anilines is 1. The number of ether oxygens (including phenoxy) is 2. The van der Waals surface area contributed by atoms with Gasteiger partial charge in [-0.15, -0.1) is 0 Å². The van der Waals surface area contributed by atoms with Gasteiger partial charge in [0.1, 0.15) is 12.1 Å². The molecule has 4 rings (SSSR count). The maximum atomic E-state index is 13.5. The topological polar surface area (TPSA) is 141 Å². The fraction of sp³-hybridized carbons (Fsp3) is 0.333. The maximum absolute atomic E-state index is 13.5. The molecular weight excluding hydrogens is 546 g/mol. The number of carbonyl (C=O) groups is 3. The van der Waals surface area contributed by atoms with Gasteiger partial charge < -0.3 is 25.8 Å². The van der Waals surface area contributed by atoms with Crippen LogP contribution in [0.2, 0.25) is 0 Å². The Hall–Kier alpha value is -4.70. The van der Waals surface area contributed by atoms with Crippen molar-refractivity contribution < 1.29 is 23.9 Å². The molecule has 1 atom stereocenters. The lowest BCUT2D eigenvalue weighted by molar-refractivity contribution is -0.152. The van der Waals surface area contributed by atoms with Crippen LogP contribution in [-0.2, 0) is 30.5 Å². The van der Waals surface area contributed by atoms with Crippen molar-refractivity contribution in [2.24, 2.45) is 16.5 Å². The largest absolute Gasteiger partial charge is 0.467 e. The van der Waals surface area contributed by atoms with Gasteiger partial charge in [0.05, 0.1) is 18.7 Å². The lowest BCUT2D eigenvalue weighted by Crippen LogP contribution is -2.63. The van der Waals surface area contributed by atoms with E-state index in [1.54, 1.807) is 31.2 Å². The predicted molar refractivity (Wildman–Crippen MR) is 166 cm³/mol. The van der Waals surface area contributed by atoms with E-state index in [9.17, 15) is 14.4 Å². The standard InChI is InChI=1S/C33H39N5O5/c1-3-29(39)38(27-16-10-15-26(21-27)36-32(34)35)33(31(41)42-2)17-19-37(20-18-33)22-28(25-13-8-5-9-14-25)30(40)43-23-24-11-6-4-7-12-24/h4-16,21,28H,3,17-20,22-23H2,1-2H3,(H4,34,35,36). The van der Waals surface area contributed by atoms with Crippen LogP contribution >= 0.6 is 0 Å². The summed E-state index contributed by atoms with van der Waals surface area (Å²) in [6.07, 6.45) is 0.787. The summed E-state index contributed by atoms with van der Waals surface area (Å²) in [5, 5.41) is 0. The summed E-state index contributed by atoms with van der Waals surface area (Å²) in [5.41, 5.74) is 12.6. The number of esters is 2. The Balaban J connectivity index is 1.57. The summed E-state index contributed by atoms with van der Waals surface area (Å²) in [4.78, 5) is 48.1. The molecule has 43 heavy (non-hydrogen) atoms. The summed E-state index contributed by atoms with van der Waals surface area (Å²) in [7, 11) is 1.33. The second-order valence-corrected chi connectivity index (χ2v) is 10.5. The Kier molecular flexibility index (Phi) is 10.5. The molecule has 1 aliphatic heterocycles.